The Labute approximate surface area is 210 Å². The maximum Gasteiger partial charge on any atom is 0.408 e. The van der Waals surface area contributed by atoms with E-state index in [1.807, 2.05) is 0 Å². The van der Waals surface area contributed by atoms with Crippen molar-refractivity contribution in [2.75, 3.05) is 6.54 Å². The molecule has 0 bridgehead atoms. The van der Waals surface area contributed by atoms with E-state index in [1.54, 1.807) is 71.9 Å². The summed E-state index contributed by atoms with van der Waals surface area (Å²) in [6, 6.07) is 4.49. The number of hydrogen-bond donors (Lipinski definition) is 3. The zero-order valence-electron chi connectivity index (χ0n) is 21.4. The van der Waals surface area contributed by atoms with Gasteiger partial charge in [-0.1, -0.05) is 18.2 Å². The smallest absolute Gasteiger partial charge is 0.408 e. The second-order valence-corrected chi connectivity index (χ2v) is 10.9. The number of hydrogen-bond acceptors (Lipinski definition) is 7. The summed E-state index contributed by atoms with van der Waals surface area (Å²) in [5.74, 6) is -2.11. The molecule has 4 amide bonds. The average Bonchev–Trinajstić information content (AvgIpc) is 3.08. The van der Waals surface area contributed by atoms with Gasteiger partial charge in [0.2, 0.25) is 11.8 Å². The number of carbonyl (C=O) groups is 5. The van der Waals surface area contributed by atoms with E-state index in [0.717, 1.165) is 0 Å². The monoisotopic (exact) mass is 502 g/mol. The number of piperazine rings is 1. The van der Waals surface area contributed by atoms with E-state index in [9.17, 15) is 24.0 Å². The lowest BCUT2D eigenvalue weighted by atomic mass is 10.0. The highest BCUT2D eigenvalue weighted by molar-refractivity contribution is 6.00. The second-order valence-electron chi connectivity index (χ2n) is 10.9. The van der Waals surface area contributed by atoms with Crippen LogP contribution in [0.25, 0.3) is 0 Å². The molecule has 0 saturated carbocycles. The molecule has 1 aromatic carbocycles. The quantitative estimate of drug-likeness (QED) is 0.512. The van der Waals surface area contributed by atoms with Crippen LogP contribution in [0.4, 0.5) is 4.79 Å². The number of carbonyl (C=O) groups excluding carboxylic acids is 5. The highest BCUT2D eigenvalue weighted by Gasteiger charge is 2.54. The number of amides is 4. The van der Waals surface area contributed by atoms with Gasteiger partial charge in [0, 0.05) is 12.1 Å². The standard InChI is InChI=1S/C25H34N4O7/c1-24(2,3)35-17(30)12-15-22(33)29-13-16(27-20(31)14-10-8-7-9-11-14)18(19(29)21(32)26-15)28-23(34)36-25(4,5)6/h7-11,15-16,18-19H,12-13H2,1-6H3,(H,26,32)(H,27,31)(H,28,34)/t15-,16+,18+,19-/m0/s1. The van der Waals surface area contributed by atoms with Gasteiger partial charge in [0.1, 0.15) is 23.3 Å². The fraction of sp³-hybridized carbons (Fsp3) is 0.560. The summed E-state index contributed by atoms with van der Waals surface area (Å²) in [5.41, 5.74) is -1.16. The molecule has 4 atom stereocenters. The largest absolute Gasteiger partial charge is 0.460 e. The van der Waals surface area contributed by atoms with E-state index in [-0.39, 0.29) is 13.0 Å². The van der Waals surface area contributed by atoms with Crippen molar-refractivity contribution >= 4 is 29.8 Å². The summed E-state index contributed by atoms with van der Waals surface area (Å²) in [6.45, 7) is 10.2. The Kier molecular flexibility index (Phi) is 7.61. The Balaban J connectivity index is 1.82. The Morgan fingerprint density at radius 2 is 1.58 bits per heavy atom. The second kappa shape index (κ2) is 10.2. The minimum Gasteiger partial charge on any atom is -0.460 e. The first-order valence-electron chi connectivity index (χ1n) is 11.8. The third kappa shape index (κ3) is 6.73. The van der Waals surface area contributed by atoms with Crippen molar-refractivity contribution in [3.05, 3.63) is 35.9 Å². The van der Waals surface area contributed by atoms with E-state index >= 15 is 0 Å². The summed E-state index contributed by atoms with van der Waals surface area (Å²) in [5, 5.41) is 8.06. The molecule has 2 heterocycles. The van der Waals surface area contributed by atoms with Crippen LogP contribution in [0.1, 0.15) is 58.3 Å². The molecule has 0 unspecified atom stereocenters. The van der Waals surface area contributed by atoms with Crippen molar-refractivity contribution in [3.8, 4) is 0 Å². The molecule has 3 rings (SSSR count). The van der Waals surface area contributed by atoms with E-state index in [2.05, 4.69) is 16.0 Å². The Hall–Kier alpha value is -3.63. The van der Waals surface area contributed by atoms with Crippen molar-refractivity contribution < 1.29 is 33.4 Å². The van der Waals surface area contributed by atoms with Gasteiger partial charge in [-0.3, -0.25) is 19.2 Å². The van der Waals surface area contributed by atoms with E-state index < -0.39 is 65.2 Å². The Morgan fingerprint density at radius 1 is 0.972 bits per heavy atom. The molecule has 0 aromatic heterocycles. The zero-order chi connectivity index (χ0) is 26.8. The first-order chi connectivity index (χ1) is 16.6. The molecule has 2 aliphatic rings. The normalized spacial score (nSPS) is 23.9. The van der Waals surface area contributed by atoms with Gasteiger partial charge in [0.25, 0.3) is 5.91 Å². The number of alkyl carbamates (subject to hydrolysis) is 1. The predicted molar refractivity (Wildman–Crippen MR) is 129 cm³/mol. The van der Waals surface area contributed by atoms with Crippen LogP contribution in [0.2, 0.25) is 0 Å². The molecule has 36 heavy (non-hydrogen) atoms. The van der Waals surface area contributed by atoms with Gasteiger partial charge in [-0.2, -0.15) is 0 Å². The number of nitrogens with zero attached hydrogens (tertiary/aromatic N) is 1. The van der Waals surface area contributed by atoms with Crippen LogP contribution in [0.5, 0.6) is 0 Å². The number of benzene rings is 1. The molecule has 2 fully saturated rings. The molecular formula is C25H34N4O7. The van der Waals surface area contributed by atoms with Crippen molar-refractivity contribution in [2.24, 2.45) is 0 Å². The number of ether oxygens (including phenoxy) is 2. The summed E-state index contributed by atoms with van der Waals surface area (Å²) >= 11 is 0. The van der Waals surface area contributed by atoms with E-state index in [1.165, 1.54) is 4.90 Å². The maximum atomic E-state index is 13.3. The van der Waals surface area contributed by atoms with Gasteiger partial charge in [-0.15, -0.1) is 0 Å². The van der Waals surface area contributed by atoms with Gasteiger partial charge < -0.3 is 30.3 Å². The first kappa shape index (κ1) is 27.0. The molecule has 3 N–H and O–H groups in total. The summed E-state index contributed by atoms with van der Waals surface area (Å²) in [4.78, 5) is 65.4. The van der Waals surface area contributed by atoms with Crippen molar-refractivity contribution in [2.45, 2.75) is 83.3 Å². The fourth-order valence-corrected chi connectivity index (χ4v) is 4.19. The van der Waals surface area contributed by atoms with Gasteiger partial charge in [0.05, 0.1) is 18.5 Å². The Morgan fingerprint density at radius 3 is 2.17 bits per heavy atom. The van der Waals surface area contributed by atoms with Crippen LogP contribution in [-0.2, 0) is 23.9 Å². The third-order valence-corrected chi connectivity index (χ3v) is 5.50. The van der Waals surface area contributed by atoms with Gasteiger partial charge in [0.15, 0.2) is 0 Å². The third-order valence-electron chi connectivity index (χ3n) is 5.50. The lowest BCUT2D eigenvalue weighted by Gasteiger charge is -2.36. The lowest BCUT2D eigenvalue weighted by Crippen LogP contribution is -2.66. The molecule has 11 nitrogen and oxygen atoms in total. The van der Waals surface area contributed by atoms with Crippen LogP contribution in [0, 0.1) is 0 Å². The molecule has 0 aliphatic carbocycles. The highest BCUT2D eigenvalue weighted by atomic mass is 16.6. The summed E-state index contributed by atoms with van der Waals surface area (Å²) < 4.78 is 10.6. The van der Waals surface area contributed by atoms with Crippen LogP contribution >= 0.6 is 0 Å². The molecule has 0 radical (unpaired) electrons. The molecule has 2 aliphatic heterocycles. The van der Waals surface area contributed by atoms with Gasteiger partial charge >= 0.3 is 12.1 Å². The summed E-state index contributed by atoms with van der Waals surface area (Å²) in [7, 11) is 0. The molecule has 196 valence electrons. The van der Waals surface area contributed by atoms with Crippen molar-refractivity contribution in [1.82, 2.24) is 20.9 Å². The highest BCUT2D eigenvalue weighted by Crippen LogP contribution is 2.26. The van der Waals surface area contributed by atoms with Gasteiger partial charge in [-0.05, 0) is 53.7 Å². The maximum absolute atomic E-state index is 13.3. The SMILES string of the molecule is CC(C)(C)OC(=O)C[C@@H]1NC(=O)[C@@H]2[C@H](NC(=O)OC(C)(C)C)[C@H](NC(=O)c3ccccc3)CN2C1=O. The van der Waals surface area contributed by atoms with Crippen LogP contribution in [-0.4, -0.2) is 76.6 Å². The molecule has 11 heteroatoms. The molecular weight excluding hydrogens is 468 g/mol. The predicted octanol–water partition coefficient (Wildman–Crippen LogP) is 1.12. The van der Waals surface area contributed by atoms with Crippen LogP contribution in [0.15, 0.2) is 30.3 Å². The number of esters is 1. The van der Waals surface area contributed by atoms with Crippen LogP contribution < -0.4 is 16.0 Å². The van der Waals surface area contributed by atoms with Crippen molar-refractivity contribution in [1.29, 1.82) is 0 Å². The molecule has 2 saturated heterocycles. The molecule has 1 aromatic rings. The van der Waals surface area contributed by atoms with E-state index in [0.29, 0.717) is 5.56 Å². The van der Waals surface area contributed by atoms with Gasteiger partial charge in [-0.25, -0.2) is 4.79 Å². The Bertz CT molecular complexity index is 1030. The number of nitrogens with one attached hydrogen (secondary N) is 3. The fourth-order valence-electron chi connectivity index (χ4n) is 4.19. The minimum atomic E-state index is -1.12. The molecule has 0 spiro atoms. The topological polar surface area (TPSA) is 143 Å². The van der Waals surface area contributed by atoms with E-state index in [4.69, 9.17) is 9.47 Å². The minimum absolute atomic E-state index is 0.0409. The first-order valence-corrected chi connectivity index (χ1v) is 11.8. The lowest BCUT2D eigenvalue weighted by molar-refractivity contribution is -0.159. The zero-order valence-corrected chi connectivity index (χ0v) is 21.4. The average molecular weight is 503 g/mol. The van der Waals surface area contributed by atoms with Crippen LogP contribution in [0.3, 0.4) is 0 Å². The number of rotatable bonds is 5. The van der Waals surface area contributed by atoms with Crippen molar-refractivity contribution in [3.63, 3.8) is 0 Å². The number of fused-ring (bicyclic) bond motifs is 1. The summed E-state index contributed by atoms with van der Waals surface area (Å²) in [6.07, 6.45) is -1.12.